The fourth-order valence-electron chi connectivity index (χ4n) is 3.71. The highest BCUT2D eigenvalue weighted by Crippen LogP contribution is 2.37. The maximum Gasteiger partial charge on any atom is 0.128 e. The SMILES string of the molecule is CC1=C(C(C)(C)C)C=C([SiH](c2ccccc2)c2ccccc2)C1. The van der Waals surface area contributed by atoms with Crippen molar-refractivity contribution in [3.05, 3.63) is 83.1 Å². The Labute approximate surface area is 142 Å². The van der Waals surface area contributed by atoms with E-state index in [1.807, 2.05) is 0 Å². The molecule has 0 atom stereocenters. The molecule has 0 aromatic heterocycles. The molecule has 118 valence electrons. The molecule has 0 aliphatic heterocycles. The summed E-state index contributed by atoms with van der Waals surface area (Å²) >= 11 is 0. The van der Waals surface area contributed by atoms with Crippen molar-refractivity contribution < 1.29 is 0 Å². The summed E-state index contributed by atoms with van der Waals surface area (Å²) in [6.45, 7) is 9.29. The normalized spacial score (nSPS) is 15.3. The summed E-state index contributed by atoms with van der Waals surface area (Å²) in [7, 11) is -1.33. The van der Waals surface area contributed by atoms with Gasteiger partial charge in [-0.05, 0) is 24.3 Å². The van der Waals surface area contributed by atoms with Gasteiger partial charge >= 0.3 is 0 Å². The molecule has 0 N–H and O–H groups in total. The van der Waals surface area contributed by atoms with Crippen LogP contribution in [0.3, 0.4) is 0 Å². The summed E-state index contributed by atoms with van der Waals surface area (Å²) in [6, 6.07) is 22.2. The minimum absolute atomic E-state index is 0.234. The predicted molar refractivity (Wildman–Crippen MR) is 104 cm³/mol. The van der Waals surface area contributed by atoms with E-state index >= 15 is 0 Å². The Hall–Kier alpha value is -1.86. The molecule has 0 saturated carbocycles. The highest BCUT2D eigenvalue weighted by molar-refractivity contribution is 6.91. The Morgan fingerprint density at radius 3 is 1.65 bits per heavy atom. The van der Waals surface area contributed by atoms with E-state index in [0.717, 1.165) is 6.42 Å². The van der Waals surface area contributed by atoms with Crippen molar-refractivity contribution >= 4 is 19.2 Å². The van der Waals surface area contributed by atoms with Gasteiger partial charge in [0.05, 0.1) is 0 Å². The van der Waals surface area contributed by atoms with Crippen molar-refractivity contribution in [2.24, 2.45) is 5.41 Å². The van der Waals surface area contributed by atoms with Crippen molar-refractivity contribution in [1.29, 1.82) is 0 Å². The van der Waals surface area contributed by atoms with Crippen molar-refractivity contribution in [1.82, 2.24) is 0 Å². The largest absolute Gasteiger partial charge is 0.128 e. The van der Waals surface area contributed by atoms with Crippen LogP contribution in [0.15, 0.2) is 83.1 Å². The second-order valence-electron chi connectivity index (χ2n) is 7.59. The molecule has 0 fully saturated rings. The molecule has 1 aliphatic carbocycles. The molecule has 2 aromatic carbocycles. The first kappa shape index (κ1) is 16.0. The van der Waals surface area contributed by atoms with Crippen LogP contribution in [0.4, 0.5) is 0 Å². The number of rotatable bonds is 3. The molecule has 23 heavy (non-hydrogen) atoms. The highest BCUT2D eigenvalue weighted by atomic mass is 28.3. The Balaban J connectivity index is 2.05. The third-order valence-electron chi connectivity index (χ3n) is 4.70. The Morgan fingerprint density at radius 2 is 1.26 bits per heavy atom. The first-order valence-corrected chi connectivity index (χ1v) is 10.2. The maximum atomic E-state index is 2.52. The first-order chi connectivity index (χ1) is 11.0. The number of hydrogen-bond donors (Lipinski definition) is 0. The van der Waals surface area contributed by atoms with E-state index in [2.05, 4.69) is 94.4 Å². The van der Waals surface area contributed by atoms with Crippen LogP contribution in [-0.4, -0.2) is 8.80 Å². The molecule has 0 saturated heterocycles. The van der Waals surface area contributed by atoms with Crippen molar-refractivity contribution in [2.45, 2.75) is 34.1 Å². The number of allylic oxidation sites excluding steroid dienone is 4. The fraction of sp³-hybridized carbons (Fsp3) is 0.273. The molecule has 0 heterocycles. The van der Waals surface area contributed by atoms with Gasteiger partial charge in [0.1, 0.15) is 8.80 Å². The van der Waals surface area contributed by atoms with Crippen LogP contribution in [0.25, 0.3) is 0 Å². The molecule has 0 nitrogen and oxygen atoms in total. The monoisotopic (exact) mass is 318 g/mol. The third-order valence-corrected chi connectivity index (χ3v) is 7.92. The zero-order valence-corrected chi connectivity index (χ0v) is 15.8. The van der Waals surface area contributed by atoms with Gasteiger partial charge in [-0.25, -0.2) is 0 Å². The summed E-state index contributed by atoms with van der Waals surface area (Å²) in [5.41, 5.74) is 3.33. The molecule has 0 bridgehead atoms. The van der Waals surface area contributed by atoms with Crippen molar-refractivity contribution in [3.8, 4) is 0 Å². The lowest BCUT2D eigenvalue weighted by Crippen LogP contribution is -2.43. The van der Waals surface area contributed by atoms with Crippen LogP contribution in [0, 0.1) is 5.41 Å². The van der Waals surface area contributed by atoms with Gasteiger partial charge in [0, 0.05) is 0 Å². The molecule has 1 aliphatic rings. The molecule has 3 rings (SSSR count). The van der Waals surface area contributed by atoms with Crippen LogP contribution in [-0.2, 0) is 0 Å². The zero-order chi connectivity index (χ0) is 16.4. The molecule has 0 amide bonds. The van der Waals surface area contributed by atoms with Gasteiger partial charge in [-0.15, -0.1) is 0 Å². The van der Waals surface area contributed by atoms with Gasteiger partial charge in [0.15, 0.2) is 0 Å². The van der Waals surface area contributed by atoms with Crippen LogP contribution < -0.4 is 10.4 Å². The van der Waals surface area contributed by atoms with Gasteiger partial charge in [-0.2, -0.15) is 0 Å². The van der Waals surface area contributed by atoms with Crippen molar-refractivity contribution in [2.75, 3.05) is 0 Å². The molecule has 1 heteroatoms. The Bertz CT molecular complexity index is 691. The van der Waals surface area contributed by atoms with Crippen molar-refractivity contribution in [3.63, 3.8) is 0 Å². The van der Waals surface area contributed by atoms with Gasteiger partial charge in [-0.3, -0.25) is 0 Å². The van der Waals surface area contributed by atoms with Crippen LogP contribution in [0.5, 0.6) is 0 Å². The zero-order valence-electron chi connectivity index (χ0n) is 14.6. The summed E-state index contributed by atoms with van der Waals surface area (Å²) < 4.78 is 0. The van der Waals surface area contributed by atoms with Gasteiger partial charge in [0.2, 0.25) is 0 Å². The van der Waals surface area contributed by atoms with Crippen LogP contribution >= 0.6 is 0 Å². The number of hydrogen-bond acceptors (Lipinski definition) is 0. The Morgan fingerprint density at radius 1 is 0.783 bits per heavy atom. The van der Waals surface area contributed by atoms with E-state index in [1.165, 1.54) is 15.9 Å². The minimum Gasteiger partial charge on any atom is -0.0700 e. The summed E-state index contributed by atoms with van der Waals surface area (Å²) in [6.07, 6.45) is 3.67. The third kappa shape index (κ3) is 3.40. The van der Waals surface area contributed by atoms with E-state index in [1.54, 1.807) is 10.8 Å². The lowest BCUT2D eigenvalue weighted by molar-refractivity contribution is 0.514. The summed E-state index contributed by atoms with van der Waals surface area (Å²) in [5, 5.41) is 4.70. The van der Waals surface area contributed by atoms with Gasteiger partial charge in [-0.1, -0.05) is 109 Å². The van der Waals surface area contributed by atoms with E-state index in [4.69, 9.17) is 0 Å². The first-order valence-electron chi connectivity index (χ1n) is 8.47. The average Bonchev–Trinajstić information content (AvgIpc) is 2.91. The lowest BCUT2D eigenvalue weighted by Gasteiger charge is -2.20. The smallest absolute Gasteiger partial charge is 0.0700 e. The minimum atomic E-state index is -1.33. The fourth-order valence-corrected chi connectivity index (χ4v) is 7.01. The summed E-state index contributed by atoms with van der Waals surface area (Å²) in [4.78, 5) is 0. The van der Waals surface area contributed by atoms with E-state index < -0.39 is 8.80 Å². The highest BCUT2D eigenvalue weighted by Gasteiger charge is 2.29. The maximum absolute atomic E-state index is 2.52. The molecule has 0 unspecified atom stereocenters. The average molecular weight is 319 g/mol. The predicted octanol–water partition coefficient (Wildman–Crippen LogP) is 4.26. The Kier molecular flexibility index (Phi) is 4.41. The van der Waals surface area contributed by atoms with Crippen LogP contribution in [0.1, 0.15) is 34.1 Å². The second kappa shape index (κ2) is 6.33. The topological polar surface area (TPSA) is 0 Å². The molecule has 0 radical (unpaired) electrons. The molecular formula is C22H26Si. The lowest BCUT2D eigenvalue weighted by atomic mass is 9.85. The molecule has 0 spiro atoms. The van der Waals surface area contributed by atoms with Gasteiger partial charge < -0.3 is 0 Å². The van der Waals surface area contributed by atoms with Gasteiger partial charge in [0.25, 0.3) is 0 Å². The summed E-state index contributed by atoms with van der Waals surface area (Å²) in [5.74, 6) is 0. The number of benzene rings is 2. The van der Waals surface area contributed by atoms with E-state index in [-0.39, 0.29) is 5.41 Å². The molecular weight excluding hydrogens is 292 g/mol. The van der Waals surface area contributed by atoms with Crippen LogP contribution in [0.2, 0.25) is 0 Å². The molecule has 2 aromatic rings. The van der Waals surface area contributed by atoms with E-state index in [9.17, 15) is 0 Å². The quantitative estimate of drug-likeness (QED) is 0.742. The van der Waals surface area contributed by atoms with E-state index in [0.29, 0.717) is 0 Å². The standard InChI is InChI=1S/C22H26Si/c1-17-15-20(16-21(17)22(2,3)4)23(18-11-7-5-8-12-18)19-13-9-6-10-14-19/h5-14,16,23H,15H2,1-4H3. The second-order valence-corrected chi connectivity index (χ2v) is 10.5.